The molecule has 0 saturated heterocycles. The van der Waals surface area contributed by atoms with Crippen molar-refractivity contribution in [1.29, 1.82) is 5.26 Å². The fourth-order valence-corrected chi connectivity index (χ4v) is 2.59. The van der Waals surface area contributed by atoms with Crippen LogP contribution in [0.1, 0.15) is 11.1 Å². The maximum Gasteiger partial charge on any atom is 0.275 e. The zero-order valence-electron chi connectivity index (χ0n) is 13.9. The summed E-state index contributed by atoms with van der Waals surface area (Å²) < 4.78 is 18.6. The van der Waals surface area contributed by atoms with E-state index < -0.39 is 0 Å². The van der Waals surface area contributed by atoms with Crippen molar-refractivity contribution >= 4 is 11.0 Å². The standard InChI is InChI=1S/C19H12FN5O2/c20-14-4-1-11(2-5-14)10-27-16-6-3-12(7-13(16)8-21)17-22-9-15-18(23-17)24-25-19(15)26/h1-7,9H,10H2,(H2,22,23,24,25,26). The van der Waals surface area contributed by atoms with Crippen molar-refractivity contribution in [3.05, 3.63) is 76.0 Å². The molecule has 4 aromatic rings. The quantitative estimate of drug-likeness (QED) is 0.581. The number of H-pyrrole nitrogens is 2. The Morgan fingerprint density at radius 2 is 1.96 bits per heavy atom. The monoisotopic (exact) mass is 361 g/mol. The molecule has 0 saturated carbocycles. The lowest BCUT2D eigenvalue weighted by molar-refractivity contribution is 0.305. The van der Waals surface area contributed by atoms with E-state index in [9.17, 15) is 14.4 Å². The summed E-state index contributed by atoms with van der Waals surface area (Å²) in [6.45, 7) is 0.210. The van der Waals surface area contributed by atoms with E-state index in [1.807, 2.05) is 0 Å². The molecule has 0 bridgehead atoms. The van der Waals surface area contributed by atoms with E-state index in [0.717, 1.165) is 5.56 Å². The topological polar surface area (TPSA) is 107 Å². The van der Waals surface area contributed by atoms with Crippen molar-refractivity contribution in [2.45, 2.75) is 6.61 Å². The van der Waals surface area contributed by atoms with Crippen molar-refractivity contribution in [1.82, 2.24) is 20.2 Å². The molecule has 0 fully saturated rings. The van der Waals surface area contributed by atoms with Gasteiger partial charge in [0.2, 0.25) is 0 Å². The minimum absolute atomic E-state index is 0.210. The summed E-state index contributed by atoms with van der Waals surface area (Å²) in [6, 6.07) is 13.0. The Hall–Kier alpha value is -3.99. The molecule has 27 heavy (non-hydrogen) atoms. The Bertz CT molecular complexity index is 1220. The van der Waals surface area contributed by atoms with Crippen molar-refractivity contribution in [2.75, 3.05) is 0 Å². The Kier molecular flexibility index (Phi) is 4.10. The molecule has 2 aromatic carbocycles. The Balaban J connectivity index is 1.61. The number of halogens is 1. The Morgan fingerprint density at radius 1 is 1.15 bits per heavy atom. The molecule has 0 unspecified atom stereocenters. The first-order valence-corrected chi connectivity index (χ1v) is 7.99. The largest absolute Gasteiger partial charge is 0.488 e. The molecule has 4 rings (SSSR count). The Morgan fingerprint density at radius 3 is 2.74 bits per heavy atom. The molecule has 7 nitrogen and oxygen atoms in total. The molecule has 0 aliphatic heterocycles. The van der Waals surface area contributed by atoms with Crippen LogP contribution in [-0.4, -0.2) is 20.2 Å². The highest BCUT2D eigenvalue weighted by Gasteiger charge is 2.11. The molecule has 0 aliphatic carbocycles. The number of nitrogens with zero attached hydrogens (tertiary/aromatic N) is 3. The van der Waals surface area contributed by atoms with Gasteiger partial charge < -0.3 is 4.74 Å². The molecule has 0 amide bonds. The van der Waals surface area contributed by atoms with Gasteiger partial charge in [-0.15, -0.1) is 0 Å². The van der Waals surface area contributed by atoms with Gasteiger partial charge in [0.1, 0.15) is 29.6 Å². The maximum absolute atomic E-state index is 13.0. The number of benzene rings is 2. The smallest absolute Gasteiger partial charge is 0.275 e. The summed E-state index contributed by atoms with van der Waals surface area (Å²) >= 11 is 0. The Labute approximate surface area is 152 Å². The van der Waals surface area contributed by atoms with Crippen LogP contribution in [0.15, 0.2) is 53.5 Å². The summed E-state index contributed by atoms with van der Waals surface area (Å²) in [5.74, 6) is 0.461. The lowest BCUT2D eigenvalue weighted by atomic mass is 10.1. The normalized spacial score (nSPS) is 10.7. The summed E-state index contributed by atoms with van der Waals surface area (Å²) in [7, 11) is 0. The third-order valence-electron chi connectivity index (χ3n) is 3.99. The van der Waals surface area contributed by atoms with Gasteiger partial charge in [-0.25, -0.2) is 14.4 Å². The zero-order chi connectivity index (χ0) is 18.8. The lowest BCUT2D eigenvalue weighted by Crippen LogP contribution is -1.99. The molecular formula is C19H12FN5O2. The number of nitrogens with one attached hydrogen (secondary N) is 2. The number of aromatic amines is 2. The third kappa shape index (κ3) is 3.26. The average molecular weight is 361 g/mol. The molecule has 0 radical (unpaired) electrons. The van der Waals surface area contributed by atoms with E-state index in [4.69, 9.17) is 4.74 Å². The second-order valence-electron chi connectivity index (χ2n) is 5.77. The summed E-state index contributed by atoms with van der Waals surface area (Å²) in [5, 5.41) is 14.9. The molecule has 132 valence electrons. The number of aromatic nitrogens is 4. The molecular weight excluding hydrogens is 349 g/mol. The van der Waals surface area contributed by atoms with Gasteiger partial charge in [-0.3, -0.25) is 15.0 Å². The van der Waals surface area contributed by atoms with Crippen molar-refractivity contribution in [3.63, 3.8) is 0 Å². The van der Waals surface area contributed by atoms with Crippen LogP contribution in [0.2, 0.25) is 0 Å². The van der Waals surface area contributed by atoms with Crippen molar-refractivity contribution in [2.24, 2.45) is 0 Å². The molecule has 2 heterocycles. The van der Waals surface area contributed by atoms with Gasteiger partial charge in [-0.2, -0.15) is 5.26 Å². The maximum atomic E-state index is 13.0. The highest BCUT2D eigenvalue weighted by molar-refractivity contribution is 5.75. The number of hydrogen-bond acceptors (Lipinski definition) is 5. The van der Waals surface area contributed by atoms with Crippen LogP contribution in [0.3, 0.4) is 0 Å². The summed E-state index contributed by atoms with van der Waals surface area (Å²) in [4.78, 5) is 20.0. The van der Waals surface area contributed by atoms with E-state index in [2.05, 4.69) is 26.2 Å². The SMILES string of the molecule is N#Cc1cc(-c2ncc3c(=O)[nH][nH]c3n2)ccc1OCc1ccc(F)cc1. The first-order chi connectivity index (χ1) is 13.1. The number of ether oxygens (including phenoxy) is 1. The molecule has 0 spiro atoms. The molecule has 2 N–H and O–H groups in total. The zero-order valence-corrected chi connectivity index (χ0v) is 13.9. The van der Waals surface area contributed by atoms with Gasteiger partial charge in [0.15, 0.2) is 11.5 Å². The van der Waals surface area contributed by atoms with E-state index >= 15 is 0 Å². The van der Waals surface area contributed by atoms with Gasteiger partial charge >= 0.3 is 0 Å². The fraction of sp³-hybridized carbons (Fsp3) is 0.0526. The highest BCUT2D eigenvalue weighted by atomic mass is 19.1. The highest BCUT2D eigenvalue weighted by Crippen LogP contribution is 2.25. The summed E-state index contributed by atoms with van der Waals surface area (Å²) in [6.07, 6.45) is 1.43. The van der Waals surface area contributed by atoms with Crippen LogP contribution in [0, 0.1) is 17.1 Å². The van der Waals surface area contributed by atoms with Gasteiger partial charge in [-0.05, 0) is 35.9 Å². The lowest BCUT2D eigenvalue weighted by Gasteiger charge is -2.09. The van der Waals surface area contributed by atoms with Crippen LogP contribution >= 0.6 is 0 Å². The molecule has 2 aromatic heterocycles. The second-order valence-corrected chi connectivity index (χ2v) is 5.77. The molecule has 0 atom stereocenters. The van der Waals surface area contributed by atoms with Crippen molar-refractivity contribution < 1.29 is 9.13 Å². The van der Waals surface area contributed by atoms with E-state index in [-0.39, 0.29) is 18.0 Å². The van der Waals surface area contributed by atoms with Gasteiger partial charge in [-0.1, -0.05) is 12.1 Å². The number of nitriles is 1. The van der Waals surface area contributed by atoms with Gasteiger partial charge in [0.25, 0.3) is 5.56 Å². The van der Waals surface area contributed by atoms with Gasteiger partial charge in [0.05, 0.1) is 5.56 Å². The minimum Gasteiger partial charge on any atom is -0.488 e. The van der Waals surface area contributed by atoms with E-state index in [0.29, 0.717) is 33.7 Å². The van der Waals surface area contributed by atoms with Crippen LogP contribution < -0.4 is 10.3 Å². The van der Waals surface area contributed by atoms with E-state index in [1.54, 1.807) is 30.3 Å². The van der Waals surface area contributed by atoms with Crippen molar-refractivity contribution in [3.8, 4) is 23.2 Å². The first kappa shape index (κ1) is 16.5. The van der Waals surface area contributed by atoms with Crippen LogP contribution in [0.5, 0.6) is 5.75 Å². The second kappa shape index (κ2) is 6.72. The van der Waals surface area contributed by atoms with Crippen LogP contribution in [-0.2, 0) is 6.61 Å². The molecule has 0 aliphatic rings. The van der Waals surface area contributed by atoms with Crippen LogP contribution in [0.25, 0.3) is 22.4 Å². The van der Waals surface area contributed by atoms with Crippen LogP contribution in [0.4, 0.5) is 4.39 Å². The predicted octanol–water partition coefficient (Wildman–Crippen LogP) is 2.90. The number of fused-ring (bicyclic) bond motifs is 1. The van der Waals surface area contributed by atoms with Gasteiger partial charge in [0, 0.05) is 11.8 Å². The summed E-state index contributed by atoms with van der Waals surface area (Å²) in [5.41, 5.74) is 1.82. The average Bonchev–Trinajstić information content (AvgIpc) is 3.07. The number of hydrogen-bond donors (Lipinski definition) is 2. The van der Waals surface area contributed by atoms with E-state index in [1.165, 1.54) is 18.3 Å². The predicted molar refractivity (Wildman–Crippen MR) is 95.4 cm³/mol. The first-order valence-electron chi connectivity index (χ1n) is 7.99. The number of rotatable bonds is 4. The molecule has 8 heteroatoms. The third-order valence-corrected chi connectivity index (χ3v) is 3.99. The minimum atomic E-state index is -0.318. The fourth-order valence-electron chi connectivity index (χ4n) is 2.59.